The summed E-state index contributed by atoms with van der Waals surface area (Å²) in [5.74, 6) is 0.894. The fourth-order valence-electron chi connectivity index (χ4n) is 2.14. The molecule has 0 radical (unpaired) electrons. The van der Waals surface area contributed by atoms with Gasteiger partial charge in [-0.05, 0) is 24.6 Å². The normalized spacial score (nSPS) is 20.9. The van der Waals surface area contributed by atoms with Gasteiger partial charge in [0.15, 0.2) is 5.88 Å². The highest BCUT2D eigenvalue weighted by Gasteiger charge is 2.21. The van der Waals surface area contributed by atoms with Crippen molar-refractivity contribution in [3.8, 4) is 0 Å². The maximum absolute atomic E-state index is 5.94. The van der Waals surface area contributed by atoms with E-state index in [2.05, 4.69) is 4.90 Å². The Morgan fingerprint density at radius 3 is 3.00 bits per heavy atom. The van der Waals surface area contributed by atoms with Crippen LogP contribution in [0, 0.1) is 0 Å². The Morgan fingerprint density at radius 2 is 2.25 bits per heavy atom. The number of furan rings is 1. The number of rotatable bonds is 1. The van der Waals surface area contributed by atoms with Crippen molar-refractivity contribution in [3.63, 3.8) is 0 Å². The first-order valence-corrected chi connectivity index (χ1v) is 5.80. The summed E-state index contributed by atoms with van der Waals surface area (Å²) in [4.78, 5) is 2.18. The Labute approximate surface area is 98.8 Å². The van der Waals surface area contributed by atoms with Crippen molar-refractivity contribution in [2.75, 3.05) is 18.0 Å². The van der Waals surface area contributed by atoms with E-state index in [9.17, 15) is 0 Å². The van der Waals surface area contributed by atoms with Crippen LogP contribution in [0.1, 0.15) is 6.42 Å². The first-order valence-electron chi connectivity index (χ1n) is 5.42. The van der Waals surface area contributed by atoms with Crippen LogP contribution in [0.2, 0.25) is 5.02 Å². The smallest absolute Gasteiger partial charge is 0.196 e. The van der Waals surface area contributed by atoms with Gasteiger partial charge in [-0.15, -0.1) is 0 Å². The summed E-state index contributed by atoms with van der Waals surface area (Å²) >= 11 is 5.94. The third kappa shape index (κ3) is 1.66. The topological polar surface area (TPSA) is 42.4 Å². The molecule has 3 rings (SSSR count). The van der Waals surface area contributed by atoms with Gasteiger partial charge in [0.2, 0.25) is 0 Å². The van der Waals surface area contributed by atoms with Gasteiger partial charge in [0.25, 0.3) is 0 Å². The molecule has 1 fully saturated rings. The maximum atomic E-state index is 5.94. The summed E-state index contributed by atoms with van der Waals surface area (Å²) in [6.45, 7) is 1.84. The molecule has 1 aromatic carbocycles. The molecule has 2 heterocycles. The Morgan fingerprint density at radius 1 is 1.38 bits per heavy atom. The number of halogens is 1. The Kier molecular flexibility index (Phi) is 2.30. The van der Waals surface area contributed by atoms with Crippen molar-refractivity contribution in [1.82, 2.24) is 0 Å². The molecule has 4 heteroatoms. The number of benzene rings is 1. The van der Waals surface area contributed by atoms with Crippen LogP contribution in [-0.4, -0.2) is 19.1 Å². The number of nitrogens with zero attached hydrogens (tertiary/aromatic N) is 1. The molecular formula is C12H13ClN2O. The van der Waals surface area contributed by atoms with Gasteiger partial charge >= 0.3 is 0 Å². The lowest BCUT2D eigenvalue weighted by atomic mass is 10.2. The molecule has 1 aromatic heterocycles. The summed E-state index contributed by atoms with van der Waals surface area (Å²) in [7, 11) is 0. The van der Waals surface area contributed by atoms with Crippen molar-refractivity contribution >= 4 is 28.5 Å². The first-order chi connectivity index (χ1) is 7.72. The predicted octanol–water partition coefficient (Wildman–Crippen LogP) is 2.62. The third-order valence-corrected chi connectivity index (χ3v) is 3.24. The second-order valence-corrected chi connectivity index (χ2v) is 4.70. The van der Waals surface area contributed by atoms with Crippen LogP contribution in [0.5, 0.6) is 0 Å². The average Bonchev–Trinajstić information content (AvgIpc) is 2.83. The Balaban J connectivity index is 1.99. The van der Waals surface area contributed by atoms with Crippen LogP contribution in [0.15, 0.2) is 28.7 Å². The molecule has 1 aliphatic heterocycles. The number of hydrogen-bond acceptors (Lipinski definition) is 3. The third-order valence-electron chi connectivity index (χ3n) is 3.00. The summed E-state index contributed by atoms with van der Waals surface area (Å²) in [5, 5.41) is 1.78. The maximum Gasteiger partial charge on any atom is 0.196 e. The zero-order valence-corrected chi connectivity index (χ0v) is 9.57. The van der Waals surface area contributed by atoms with Gasteiger partial charge in [0.05, 0.1) is 0 Å². The minimum atomic E-state index is 0.261. The molecule has 2 N–H and O–H groups in total. The zero-order chi connectivity index (χ0) is 11.1. The summed E-state index contributed by atoms with van der Waals surface area (Å²) < 4.78 is 5.77. The molecule has 84 valence electrons. The molecule has 2 aromatic rings. The zero-order valence-electron chi connectivity index (χ0n) is 8.82. The molecule has 1 atom stereocenters. The van der Waals surface area contributed by atoms with Crippen LogP contribution in [0.25, 0.3) is 11.0 Å². The van der Waals surface area contributed by atoms with Gasteiger partial charge in [0.1, 0.15) is 5.58 Å². The van der Waals surface area contributed by atoms with Crippen LogP contribution in [0.4, 0.5) is 5.88 Å². The Bertz CT molecular complexity index is 523. The predicted molar refractivity (Wildman–Crippen MR) is 66.0 cm³/mol. The van der Waals surface area contributed by atoms with E-state index in [4.69, 9.17) is 21.8 Å². The second-order valence-electron chi connectivity index (χ2n) is 4.26. The van der Waals surface area contributed by atoms with Gasteiger partial charge < -0.3 is 15.1 Å². The first kappa shape index (κ1) is 10.00. The van der Waals surface area contributed by atoms with Gasteiger partial charge in [-0.2, -0.15) is 0 Å². The van der Waals surface area contributed by atoms with Crippen molar-refractivity contribution in [1.29, 1.82) is 0 Å². The van der Waals surface area contributed by atoms with Crippen molar-refractivity contribution in [2.24, 2.45) is 5.73 Å². The van der Waals surface area contributed by atoms with E-state index in [1.54, 1.807) is 0 Å². The van der Waals surface area contributed by atoms with Crippen molar-refractivity contribution in [3.05, 3.63) is 29.3 Å². The minimum absolute atomic E-state index is 0.261. The van der Waals surface area contributed by atoms with Gasteiger partial charge in [0, 0.05) is 35.6 Å². The van der Waals surface area contributed by atoms with E-state index in [1.807, 2.05) is 24.3 Å². The molecular weight excluding hydrogens is 224 g/mol. The van der Waals surface area contributed by atoms with E-state index < -0.39 is 0 Å². The Hall–Kier alpha value is -1.19. The van der Waals surface area contributed by atoms with E-state index in [1.165, 1.54) is 0 Å². The van der Waals surface area contributed by atoms with E-state index in [0.29, 0.717) is 0 Å². The van der Waals surface area contributed by atoms with Gasteiger partial charge in [-0.1, -0.05) is 11.6 Å². The summed E-state index contributed by atoms with van der Waals surface area (Å²) in [6.07, 6.45) is 1.03. The number of nitrogens with two attached hydrogens (primary N) is 1. The van der Waals surface area contributed by atoms with Crippen LogP contribution < -0.4 is 10.6 Å². The lowest BCUT2D eigenvalue weighted by Crippen LogP contribution is -2.25. The van der Waals surface area contributed by atoms with Crippen molar-refractivity contribution < 1.29 is 4.42 Å². The molecule has 1 saturated heterocycles. The number of hydrogen-bond donors (Lipinski definition) is 1. The van der Waals surface area contributed by atoms with Crippen molar-refractivity contribution in [2.45, 2.75) is 12.5 Å². The fourth-order valence-corrected chi connectivity index (χ4v) is 2.32. The quantitative estimate of drug-likeness (QED) is 0.828. The molecule has 0 saturated carbocycles. The average molecular weight is 237 g/mol. The molecule has 0 spiro atoms. The standard InChI is InChI=1S/C12H13ClN2O/c13-9-1-2-11-8(5-9)6-12(16-11)15-4-3-10(14)7-15/h1-2,5-6,10H,3-4,7,14H2. The molecule has 0 aliphatic carbocycles. The highest BCUT2D eigenvalue weighted by Crippen LogP contribution is 2.29. The van der Waals surface area contributed by atoms with E-state index in [0.717, 1.165) is 41.4 Å². The molecule has 3 nitrogen and oxygen atoms in total. The van der Waals surface area contributed by atoms with E-state index >= 15 is 0 Å². The number of fused-ring (bicyclic) bond motifs is 1. The lowest BCUT2D eigenvalue weighted by Gasteiger charge is -2.13. The SMILES string of the molecule is NC1CCN(c2cc3cc(Cl)ccc3o2)C1. The number of anilines is 1. The van der Waals surface area contributed by atoms with Crippen LogP contribution in [0.3, 0.4) is 0 Å². The van der Waals surface area contributed by atoms with Crippen LogP contribution in [-0.2, 0) is 0 Å². The fraction of sp³-hybridized carbons (Fsp3) is 0.333. The minimum Gasteiger partial charge on any atom is -0.441 e. The van der Waals surface area contributed by atoms with Crippen LogP contribution >= 0.6 is 11.6 Å². The van der Waals surface area contributed by atoms with Gasteiger partial charge in [-0.3, -0.25) is 0 Å². The van der Waals surface area contributed by atoms with E-state index in [-0.39, 0.29) is 6.04 Å². The molecule has 1 aliphatic rings. The summed E-state index contributed by atoms with van der Waals surface area (Å²) in [5.41, 5.74) is 6.75. The second kappa shape index (κ2) is 3.68. The lowest BCUT2D eigenvalue weighted by molar-refractivity contribution is 0.597. The molecule has 0 bridgehead atoms. The monoisotopic (exact) mass is 236 g/mol. The molecule has 0 amide bonds. The summed E-state index contributed by atoms with van der Waals surface area (Å²) in [6, 6.07) is 7.94. The highest BCUT2D eigenvalue weighted by molar-refractivity contribution is 6.31. The molecule has 16 heavy (non-hydrogen) atoms. The molecule has 1 unspecified atom stereocenters. The van der Waals surface area contributed by atoms with Gasteiger partial charge in [-0.25, -0.2) is 0 Å². The largest absolute Gasteiger partial charge is 0.441 e. The highest BCUT2D eigenvalue weighted by atomic mass is 35.5.